The first kappa shape index (κ1) is 22.3. The Hall–Kier alpha value is -4.96. The third kappa shape index (κ3) is 3.87. The van der Waals surface area contributed by atoms with E-state index in [1.54, 1.807) is 0 Å². The van der Waals surface area contributed by atoms with Crippen molar-refractivity contribution in [1.82, 2.24) is 19.1 Å². The summed E-state index contributed by atoms with van der Waals surface area (Å²) in [4.78, 5) is 9.92. The van der Waals surface area contributed by atoms with Crippen LogP contribution in [0.15, 0.2) is 97.1 Å². The van der Waals surface area contributed by atoms with Crippen molar-refractivity contribution >= 4 is 46.4 Å². The van der Waals surface area contributed by atoms with Gasteiger partial charge in [0.2, 0.25) is 0 Å². The monoisotopic (exact) mass is 490 g/mol. The maximum Gasteiger partial charge on any atom is 0.0658 e. The van der Waals surface area contributed by atoms with Gasteiger partial charge in [-0.25, -0.2) is 9.97 Å². The Labute approximate surface area is 221 Å². The van der Waals surface area contributed by atoms with E-state index in [1.807, 2.05) is 0 Å². The van der Waals surface area contributed by atoms with E-state index in [-0.39, 0.29) is 0 Å². The van der Waals surface area contributed by atoms with Crippen LogP contribution in [0.25, 0.3) is 57.7 Å². The van der Waals surface area contributed by atoms with Crippen molar-refractivity contribution in [1.29, 1.82) is 0 Å². The number of hydrogen-bond donors (Lipinski definition) is 0. The highest BCUT2D eigenvalue weighted by Gasteiger charge is 2.10. The number of para-hydroxylation sites is 2. The molecule has 2 aromatic carbocycles. The van der Waals surface area contributed by atoms with Crippen molar-refractivity contribution in [2.75, 3.05) is 0 Å². The Morgan fingerprint density at radius 1 is 0.421 bits per heavy atom. The van der Waals surface area contributed by atoms with E-state index in [1.165, 1.54) is 11.1 Å². The van der Waals surface area contributed by atoms with Gasteiger partial charge in [-0.2, -0.15) is 0 Å². The molecule has 0 unspecified atom stereocenters. The molecule has 0 radical (unpaired) electrons. The highest BCUT2D eigenvalue weighted by atomic mass is 15.0. The summed E-state index contributed by atoms with van der Waals surface area (Å²) >= 11 is 0. The average Bonchev–Trinajstić information content (AvgIpc) is 3.70. The number of rotatable bonds is 2. The Morgan fingerprint density at radius 3 is 1.05 bits per heavy atom. The van der Waals surface area contributed by atoms with Gasteiger partial charge in [-0.15, -0.1) is 0 Å². The molecular formula is C34H26N4. The van der Waals surface area contributed by atoms with Crippen LogP contribution in [0.5, 0.6) is 0 Å². The van der Waals surface area contributed by atoms with E-state index in [0.29, 0.717) is 0 Å². The summed E-state index contributed by atoms with van der Waals surface area (Å²) in [5.41, 5.74) is 12.7. The number of fused-ring (bicyclic) bond motifs is 8. The largest absolute Gasteiger partial charge is 0.310 e. The van der Waals surface area contributed by atoms with E-state index in [0.717, 1.165) is 56.2 Å². The van der Waals surface area contributed by atoms with Crippen molar-refractivity contribution in [3.63, 3.8) is 0 Å². The zero-order valence-electron chi connectivity index (χ0n) is 21.3. The lowest BCUT2D eigenvalue weighted by molar-refractivity contribution is 1.14. The van der Waals surface area contributed by atoms with Crippen LogP contribution in [0, 0.1) is 13.8 Å². The molecule has 8 bridgehead atoms. The molecule has 3 aromatic heterocycles. The minimum absolute atomic E-state index is 0.928. The topological polar surface area (TPSA) is 35.6 Å². The van der Waals surface area contributed by atoms with E-state index in [2.05, 4.69) is 144 Å². The van der Waals surface area contributed by atoms with Crippen LogP contribution < -0.4 is 0 Å². The van der Waals surface area contributed by atoms with Crippen molar-refractivity contribution in [2.24, 2.45) is 0 Å². The summed E-state index contributed by atoms with van der Waals surface area (Å²) in [7, 11) is 0. The number of benzene rings is 2. The molecule has 5 heterocycles. The number of aromatic nitrogens is 4. The first-order chi connectivity index (χ1) is 18.6. The lowest BCUT2D eigenvalue weighted by atomic mass is 10.2. The van der Waals surface area contributed by atoms with Crippen LogP contribution in [0.3, 0.4) is 0 Å². The predicted molar refractivity (Wildman–Crippen MR) is 158 cm³/mol. The second-order valence-electron chi connectivity index (χ2n) is 9.78. The molecule has 2 aliphatic heterocycles. The van der Waals surface area contributed by atoms with Gasteiger partial charge in [-0.3, -0.25) is 0 Å². The summed E-state index contributed by atoms with van der Waals surface area (Å²) in [6.07, 6.45) is 8.34. The molecule has 4 heteroatoms. The lowest BCUT2D eigenvalue weighted by Crippen LogP contribution is -1.96. The minimum Gasteiger partial charge on any atom is -0.310 e. The molecule has 0 amide bonds. The molecule has 0 aliphatic carbocycles. The highest BCUT2D eigenvalue weighted by molar-refractivity contribution is 5.80. The molecule has 0 saturated carbocycles. The fourth-order valence-corrected chi connectivity index (χ4v) is 5.29. The zero-order valence-corrected chi connectivity index (χ0v) is 21.3. The van der Waals surface area contributed by atoms with E-state index >= 15 is 0 Å². The summed E-state index contributed by atoms with van der Waals surface area (Å²) in [5.74, 6) is 0. The number of aryl methyl sites for hydroxylation is 2. The summed E-state index contributed by atoms with van der Waals surface area (Å²) in [6, 6.07) is 34.1. The fraction of sp³-hybridized carbons (Fsp3) is 0.0588. The molecule has 4 nitrogen and oxygen atoms in total. The van der Waals surface area contributed by atoms with E-state index in [9.17, 15) is 0 Å². The molecule has 7 rings (SSSR count). The smallest absolute Gasteiger partial charge is 0.0658 e. The Kier molecular flexibility index (Phi) is 5.19. The van der Waals surface area contributed by atoms with Gasteiger partial charge in [-0.1, -0.05) is 36.4 Å². The normalized spacial score (nSPS) is 12.3. The van der Waals surface area contributed by atoms with Crippen molar-refractivity contribution in [2.45, 2.75) is 13.8 Å². The molecule has 0 N–H and O–H groups in total. The molecule has 38 heavy (non-hydrogen) atoms. The van der Waals surface area contributed by atoms with Gasteiger partial charge < -0.3 is 9.13 Å². The van der Waals surface area contributed by atoms with Crippen LogP contribution in [-0.4, -0.2) is 19.1 Å². The summed E-state index contributed by atoms with van der Waals surface area (Å²) in [6.45, 7) is 4.29. The van der Waals surface area contributed by atoms with Crippen LogP contribution in [0.2, 0.25) is 0 Å². The summed E-state index contributed by atoms with van der Waals surface area (Å²) < 4.78 is 4.57. The number of hydrogen-bond acceptors (Lipinski definition) is 2. The van der Waals surface area contributed by atoms with Gasteiger partial charge >= 0.3 is 0 Å². The zero-order chi connectivity index (χ0) is 25.6. The standard InChI is InChI=1S/C34H26N4/c1-23-7-3-5-9-33(23)37-29-15-16-30(37)20-26-12-14-28(36-26)22-32-18-17-31(21-27-13-11-25(19-29)35-27)38(32)34-10-6-4-8-24(34)2/h3-22H,1-2H3. The van der Waals surface area contributed by atoms with Crippen LogP contribution in [-0.2, 0) is 0 Å². The minimum atomic E-state index is 0.928. The Morgan fingerprint density at radius 2 is 0.737 bits per heavy atom. The van der Waals surface area contributed by atoms with Crippen LogP contribution in [0.4, 0.5) is 0 Å². The van der Waals surface area contributed by atoms with E-state index < -0.39 is 0 Å². The van der Waals surface area contributed by atoms with E-state index in [4.69, 9.17) is 9.97 Å². The predicted octanol–water partition coefficient (Wildman–Crippen LogP) is 8.20. The fourth-order valence-electron chi connectivity index (χ4n) is 5.29. The first-order valence-corrected chi connectivity index (χ1v) is 12.8. The molecule has 0 saturated heterocycles. The molecule has 182 valence electrons. The Balaban J connectivity index is 1.58. The third-order valence-electron chi connectivity index (χ3n) is 7.14. The van der Waals surface area contributed by atoms with Crippen LogP contribution >= 0.6 is 0 Å². The Bertz CT molecular complexity index is 1720. The molecule has 0 spiro atoms. The van der Waals surface area contributed by atoms with Gasteiger partial charge in [0.15, 0.2) is 0 Å². The second kappa shape index (κ2) is 8.86. The lowest BCUT2D eigenvalue weighted by Gasteiger charge is -2.10. The van der Waals surface area contributed by atoms with Gasteiger partial charge in [0.25, 0.3) is 0 Å². The van der Waals surface area contributed by atoms with Gasteiger partial charge in [-0.05, 0) is 110 Å². The third-order valence-corrected chi connectivity index (χ3v) is 7.14. The SMILES string of the molecule is Cc1ccccc1-n1c2ccc1cc1nc(cc3ccc(cc4nc(c2)C=C4)n3-c2ccccc2C)C=C1. The quantitative estimate of drug-likeness (QED) is 0.245. The maximum atomic E-state index is 4.96. The van der Waals surface area contributed by atoms with Gasteiger partial charge in [0, 0.05) is 33.4 Å². The van der Waals surface area contributed by atoms with Crippen molar-refractivity contribution < 1.29 is 0 Å². The first-order valence-electron chi connectivity index (χ1n) is 12.8. The maximum absolute atomic E-state index is 4.96. The summed E-state index contributed by atoms with van der Waals surface area (Å²) in [5, 5.41) is 0. The second-order valence-corrected chi connectivity index (χ2v) is 9.78. The van der Waals surface area contributed by atoms with Crippen molar-refractivity contribution in [3.8, 4) is 11.4 Å². The molecule has 5 aromatic rings. The van der Waals surface area contributed by atoms with Gasteiger partial charge in [0.05, 0.1) is 22.8 Å². The molecule has 0 atom stereocenters. The average molecular weight is 491 g/mol. The number of nitrogens with zero attached hydrogens (tertiary/aromatic N) is 4. The van der Waals surface area contributed by atoms with Crippen molar-refractivity contribution in [3.05, 3.63) is 131 Å². The van der Waals surface area contributed by atoms with Gasteiger partial charge in [0.1, 0.15) is 0 Å². The molecule has 0 fully saturated rings. The van der Waals surface area contributed by atoms with Crippen LogP contribution in [0.1, 0.15) is 33.9 Å². The molecule has 2 aliphatic rings. The highest BCUT2D eigenvalue weighted by Crippen LogP contribution is 2.26. The molecular weight excluding hydrogens is 464 g/mol.